The fourth-order valence-corrected chi connectivity index (χ4v) is 5.96. The Morgan fingerprint density at radius 2 is 1.93 bits per heavy atom. The van der Waals surface area contributed by atoms with Gasteiger partial charge in [-0.2, -0.15) is 24.9 Å². The molecular formula is C27H31ClF5N5O2S. The standard InChI is InChI=1S/C27H31ClF5N5O2S/c1-16-14-37(8-6-27(31,32)33)9-10-38(16)22-12-18(28)3-5-20(22)36-25(39)19-4-2-17(23(29)24(19)30)13-35-26(40)21-15-41-11-7-34-21/h2-5,12,16,21,34H,6-11,13-15H2,1H3,(H,35,40)(H,36,39)/t16-,21?/m1/s1. The van der Waals surface area contributed by atoms with Gasteiger partial charge in [-0.25, -0.2) is 8.78 Å². The minimum atomic E-state index is -4.24. The minimum Gasteiger partial charge on any atom is -0.365 e. The molecule has 1 unspecified atom stereocenters. The average Bonchev–Trinajstić information content (AvgIpc) is 2.93. The van der Waals surface area contributed by atoms with Crippen LogP contribution >= 0.6 is 23.4 Å². The number of nitrogens with one attached hydrogen (secondary N) is 3. The van der Waals surface area contributed by atoms with E-state index in [0.717, 1.165) is 11.8 Å². The number of benzene rings is 2. The topological polar surface area (TPSA) is 76.7 Å². The first-order valence-electron chi connectivity index (χ1n) is 13.2. The van der Waals surface area contributed by atoms with Gasteiger partial charge in [-0.15, -0.1) is 0 Å². The lowest BCUT2D eigenvalue weighted by Gasteiger charge is -2.42. The zero-order valence-electron chi connectivity index (χ0n) is 22.3. The number of anilines is 2. The number of hydrogen-bond acceptors (Lipinski definition) is 6. The summed E-state index contributed by atoms with van der Waals surface area (Å²) in [5, 5.41) is 8.66. The number of hydrogen-bond donors (Lipinski definition) is 3. The fourth-order valence-electron chi connectivity index (χ4n) is 4.86. The molecule has 0 spiro atoms. The Morgan fingerprint density at radius 1 is 1.15 bits per heavy atom. The van der Waals surface area contributed by atoms with Crippen LogP contribution in [-0.2, 0) is 11.3 Å². The van der Waals surface area contributed by atoms with Crippen molar-refractivity contribution in [3.8, 4) is 0 Å². The lowest BCUT2D eigenvalue weighted by Crippen LogP contribution is -2.52. The van der Waals surface area contributed by atoms with Gasteiger partial charge < -0.3 is 20.9 Å². The van der Waals surface area contributed by atoms with Gasteiger partial charge in [0.25, 0.3) is 5.91 Å². The highest BCUT2D eigenvalue weighted by atomic mass is 35.5. The zero-order chi connectivity index (χ0) is 29.7. The lowest BCUT2D eigenvalue weighted by atomic mass is 10.1. The number of amides is 2. The third-order valence-corrected chi connectivity index (χ3v) is 8.34. The minimum absolute atomic E-state index is 0.0970. The molecule has 2 aromatic carbocycles. The first kappa shape index (κ1) is 31.3. The Kier molecular flexibility index (Phi) is 10.4. The largest absolute Gasteiger partial charge is 0.390 e. The number of carbonyl (C=O) groups is 2. The molecule has 7 nitrogen and oxygen atoms in total. The van der Waals surface area contributed by atoms with E-state index in [4.69, 9.17) is 11.6 Å². The monoisotopic (exact) mass is 619 g/mol. The Morgan fingerprint density at radius 3 is 2.61 bits per heavy atom. The lowest BCUT2D eigenvalue weighted by molar-refractivity contribution is -0.138. The van der Waals surface area contributed by atoms with Crippen LogP contribution < -0.4 is 20.9 Å². The highest BCUT2D eigenvalue weighted by molar-refractivity contribution is 7.99. The zero-order valence-corrected chi connectivity index (χ0v) is 23.9. The van der Waals surface area contributed by atoms with E-state index in [2.05, 4.69) is 16.0 Å². The summed E-state index contributed by atoms with van der Waals surface area (Å²) in [6, 6.07) is 6.47. The van der Waals surface area contributed by atoms with E-state index in [1.54, 1.807) is 22.7 Å². The second kappa shape index (κ2) is 13.6. The molecule has 2 amide bonds. The number of thioether (sulfide) groups is 1. The van der Waals surface area contributed by atoms with Gasteiger partial charge in [0.15, 0.2) is 11.6 Å². The van der Waals surface area contributed by atoms with Gasteiger partial charge in [0.1, 0.15) is 0 Å². The second-order valence-corrected chi connectivity index (χ2v) is 11.6. The van der Waals surface area contributed by atoms with E-state index in [-0.39, 0.29) is 30.6 Å². The normalized spacial score (nSPS) is 20.1. The van der Waals surface area contributed by atoms with Crippen LogP contribution in [0.4, 0.5) is 33.3 Å². The van der Waals surface area contributed by atoms with Gasteiger partial charge in [-0.05, 0) is 31.2 Å². The maximum Gasteiger partial charge on any atom is 0.390 e. The first-order valence-corrected chi connectivity index (χ1v) is 14.7. The molecule has 2 saturated heterocycles. The van der Waals surface area contributed by atoms with E-state index in [9.17, 15) is 31.5 Å². The van der Waals surface area contributed by atoms with Crippen LogP contribution in [0.1, 0.15) is 29.3 Å². The summed E-state index contributed by atoms with van der Waals surface area (Å²) in [6.07, 6.45) is -5.14. The van der Waals surface area contributed by atoms with Crippen molar-refractivity contribution < 1.29 is 31.5 Å². The van der Waals surface area contributed by atoms with Crippen molar-refractivity contribution in [2.45, 2.75) is 38.1 Å². The SMILES string of the molecule is C[C@@H]1CN(CCC(F)(F)F)CCN1c1cc(Cl)ccc1NC(=O)c1ccc(CNC(=O)C2CSCCN2)c(F)c1F. The average molecular weight is 620 g/mol. The molecule has 2 heterocycles. The van der Waals surface area contributed by atoms with Crippen LogP contribution in [0.3, 0.4) is 0 Å². The molecule has 0 bridgehead atoms. The predicted molar refractivity (Wildman–Crippen MR) is 151 cm³/mol. The van der Waals surface area contributed by atoms with Crippen molar-refractivity contribution in [3.63, 3.8) is 0 Å². The van der Waals surface area contributed by atoms with Gasteiger partial charge in [0.05, 0.1) is 29.4 Å². The van der Waals surface area contributed by atoms with E-state index >= 15 is 0 Å². The van der Waals surface area contributed by atoms with Crippen LogP contribution in [0.5, 0.6) is 0 Å². The molecule has 2 aromatic rings. The smallest absolute Gasteiger partial charge is 0.365 e. The van der Waals surface area contributed by atoms with Crippen molar-refractivity contribution in [2.75, 3.05) is 54.4 Å². The second-order valence-electron chi connectivity index (χ2n) is 10.0. The van der Waals surface area contributed by atoms with Crippen LogP contribution in [-0.4, -0.2) is 79.2 Å². The highest BCUT2D eigenvalue weighted by Crippen LogP contribution is 2.33. The molecule has 0 aromatic heterocycles. The summed E-state index contributed by atoms with van der Waals surface area (Å²) in [7, 11) is 0. The summed E-state index contributed by atoms with van der Waals surface area (Å²) in [6.45, 7) is 3.30. The van der Waals surface area contributed by atoms with Gasteiger partial charge in [0.2, 0.25) is 5.91 Å². The van der Waals surface area contributed by atoms with Crippen LogP contribution in [0, 0.1) is 11.6 Å². The number of nitrogens with zero attached hydrogens (tertiary/aromatic N) is 2. The van der Waals surface area contributed by atoms with Gasteiger partial charge in [-0.1, -0.05) is 17.7 Å². The number of rotatable bonds is 8. The molecule has 2 aliphatic rings. The van der Waals surface area contributed by atoms with Crippen molar-refractivity contribution in [1.82, 2.24) is 15.5 Å². The summed E-state index contributed by atoms with van der Waals surface area (Å²) < 4.78 is 67.9. The number of halogens is 6. The maximum absolute atomic E-state index is 15.0. The van der Waals surface area contributed by atoms with Gasteiger partial charge >= 0.3 is 6.18 Å². The summed E-state index contributed by atoms with van der Waals surface area (Å²) in [5.74, 6) is -2.30. The van der Waals surface area contributed by atoms with Gasteiger partial charge in [0, 0.05) is 67.4 Å². The Bertz CT molecular complexity index is 1260. The van der Waals surface area contributed by atoms with E-state index in [1.165, 1.54) is 18.2 Å². The summed E-state index contributed by atoms with van der Waals surface area (Å²) >= 11 is 7.84. The third kappa shape index (κ3) is 8.24. The summed E-state index contributed by atoms with van der Waals surface area (Å²) in [4.78, 5) is 29.0. The predicted octanol–water partition coefficient (Wildman–Crippen LogP) is 4.65. The van der Waals surface area contributed by atoms with E-state index in [0.29, 0.717) is 48.3 Å². The molecular weight excluding hydrogens is 589 g/mol. The van der Waals surface area contributed by atoms with Crippen molar-refractivity contribution >= 4 is 46.6 Å². The van der Waals surface area contributed by atoms with Crippen molar-refractivity contribution in [1.29, 1.82) is 0 Å². The molecule has 2 atom stereocenters. The summed E-state index contributed by atoms with van der Waals surface area (Å²) in [5.41, 5.74) is 0.196. The van der Waals surface area contributed by atoms with Crippen molar-refractivity contribution in [2.24, 2.45) is 0 Å². The Hall–Kier alpha value is -2.61. The Labute approximate surface area is 244 Å². The number of alkyl halides is 3. The quantitative estimate of drug-likeness (QED) is 0.374. The number of piperazine rings is 1. The van der Waals surface area contributed by atoms with Crippen LogP contribution in [0.2, 0.25) is 5.02 Å². The molecule has 3 N–H and O–H groups in total. The molecule has 0 radical (unpaired) electrons. The third-order valence-electron chi connectivity index (χ3n) is 7.04. The maximum atomic E-state index is 15.0. The molecule has 0 aliphatic carbocycles. The van der Waals surface area contributed by atoms with Gasteiger partial charge in [-0.3, -0.25) is 14.5 Å². The molecule has 41 heavy (non-hydrogen) atoms. The Balaban J connectivity index is 1.43. The number of carbonyl (C=O) groups excluding carboxylic acids is 2. The van der Waals surface area contributed by atoms with E-state index < -0.39 is 41.7 Å². The van der Waals surface area contributed by atoms with Crippen LogP contribution in [0.25, 0.3) is 0 Å². The first-order chi connectivity index (χ1) is 19.4. The van der Waals surface area contributed by atoms with E-state index in [1.807, 2.05) is 11.8 Å². The molecule has 2 fully saturated rings. The molecule has 224 valence electrons. The molecule has 0 saturated carbocycles. The van der Waals surface area contributed by atoms with Crippen molar-refractivity contribution in [3.05, 3.63) is 58.1 Å². The molecule has 4 rings (SSSR count). The molecule has 2 aliphatic heterocycles. The fraction of sp³-hybridized carbons (Fsp3) is 0.481. The van der Waals surface area contributed by atoms with Crippen LogP contribution in [0.15, 0.2) is 30.3 Å². The highest BCUT2D eigenvalue weighted by Gasteiger charge is 2.31. The molecule has 14 heteroatoms.